The maximum atomic E-state index is 4.28. The van der Waals surface area contributed by atoms with Crippen LogP contribution in [-0.4, -0.2) is 9.78 Å². The molecule has 2 rings (SSSR count). The molecule has 1 aromatic heterocycles. The largest absolute Gasteiger partial charge is 0.366 e. The Morgan fingerprint density at radius 2 is 1.94 bits per heavy atom. The van der Waals surface area contributed by atoms with Gasteiger partial charge in [-0.2, -0.15) is 5.10 Å². The molecule has 0 aliphatic heterocycles. The van der Waals surface area contributed by atoms with Gasteiger partial charge in [0.05, 0.1) is 5.69 Å². The van der Waals surface area contributed by atoms with Crippen molar-refractivity contribution >= 4 is 18.2 Å². The third kappa shape index (κ3) is 3.00. The Morgan fingerprint density at radius 1 is 1.25 bits per heavy atom. The fraction of sp³-hybridized carbons (Fsp3) is 0.250. The normalized spacial score (nSPS) is 9.62. The first-order valence-corrected chi connectivity index (χ1v) is 5.04. The van der Waals surface area contributed by atoms with Gasteiger partial charge in [-0.1, -0.05) is 30.3 Å². The van der Waals surface area contributed by atoms with E-state index in [4.69, 9.17) is 0 Å². The topological polar surface area (TPSA) is 29.9 Å². The molecule has 0 radical (unpaired) electrons. The predicted octanol–water partition coefficient (Wildman–Crippen LogP) is 2.76. The second-order valence-corrected chi connectivity index (χ2v) is 3.63. The number of anilines is 1. The van der Waals surface area contributed by atoms with Gasteiger partial charge >= 0.3 is 0 Å². The number of nitrogens with one attached hydrogen (secondary N) is 1. The van der Waals surface area contributed by atoms with E-state index in [0.29, 0.717) is 0 Å². The van der Waals surface area contributed by atoms with Gasteiger partial charge in [0, 0.05) is 19.7 Å². The molecular formula is C12H16ClN3. The third-order valence-corrected chi connectivity index (χ3v) is 2.32. The maximum Gasteiger partial charge on any atom is 0.124 e. The molecule has 0 aliphatic rings. The molecule has 0 saturated heterocycles. The number of benzene rings is 1. The van der Waals surface area contributed by atoms with Crippen molar-refractivity contribution in [3.63, 3.8) is 0 Å². The Hall–Kier alpha value is -1.48. The van der Waals surface area contributed by atoms with Crippen molar-refractivity contribution in [3.8, 4) is 0 Å². The minimum atomic E-state index is 0. The van der Waals surface area contributed by atoms with Crippen LogP contribution in [0.2, 0.25) is 0 Å². The molecule has 16 heavy (non-hydrogen) atoms. The molecule has 0 fully saturated rings. The molecule has 1 heterocycles. The van der Waals surface area contributed by atoms with Crippen LogP contribution < -0.4 is 5.32 Å². The average molecular weight is 238 g/mol. The number of hydrogen-bond donors (Lipinski definition) is 1. The maximum absolute atomic E-state index is 4.28. The number of halogens is 1. The molecule has 86 valence electrons. The van der Waals surface area contributed by atoms with E-state index in [9.17, 15) is 0 Å². The first-order chi connectivity index (χ1) is 7.25. The third-order valence-electron chi connectivity index (χ3n) is 2.32. The second kappa shape index (κ2) is 5.56. The zero-order valence-corrected chi connectivity index (χ0v) is 10.3. The van der Waals surface area contributed by atoms with Gasteiger partial charge in [-0.05, 0) is 12.5 Å². The van der Waals surface area contributed by atoms with Crippen LogP contribution in [0, 0.1) is 6.92 Å². The van der Waals surface area contributed by atoms with Crippen LogP contribution in [-0.2, 0) is 13.6 Å². The van der Waals surface area contributed by atoms with Gasteiger partial charge in [-0.25, -0.2) is 0 Å². The molecule has 0 unspecified atom stereocenters. The molecule has 0 amide bonds. The zero-order valence-electron chi connectivity index (χ0n) is 9.47. The van der Waals surface area contributed by atoms with Crippen molar-refractivity contribution in [2.45, 2.75) is 13.5 Å². The van der Waals surface area contributed by atoms with Gasteiger partial charge in [0.2, 0.25) is 0 Å². The smallest absolute Gasteiger partial charge is 0.124 e. The standard InChI is InChI=1S/C12H15N3.ClH/c1-10-8-12(15(2)14-10)13-9-11-6-4-3-5-7-11;/h3-8,13H,9H2,1-2H3;1H. The lowest BCUT2D eigenvalue weighted by Crippen LogP contribution is -2.04. The lowest BCUT2D eigenvalue weighted by molar-refractivity contribution is 0.758. The van der Waals surface area contributed by atoms with Crippen LogP contribution in [0.3, 0.4) is 0 Å². The molecule has 0 saturated carbocycles. The van der Waals surface area contributed by atoms with Gasteiger partial charge in [0.25, 0.3) is 0 Å². The average Bonchev–Trinajstić information content (AvgIpc) is 2.56. The second-order valence-electron chi connectivity index (χ2n) is 3.63. The number of aromatic nitrogens is 2. The minimum Gasteiger partial charge on any atom is -0.366 e. The van der Waals surface area contributed by atoms with E-state index < -0.39 is 0 Å². The van der Waals surface area contributed by atoms with Crippen LogP contribution in [0.25, 0.3) is 0 Å². The highest BCUT2D eigenvalue weighted by atomic mass is 35.5. The van der Waals surface area contributed by atoms with E-state index in [2.05, 4.69) is 22.5 Å². The van der Waals surface area contributed by atoms with E-state index in [0.717, 1.165) is 18.1 Å². The molecule has 1 N–H and O–H groups in total. The monoisotopic (exact) mass is 237 g/mol. The van der Waals surface area contributed by atoms with Crippen molar-refractivity contribution in [3.05, 3.63) is 47.7 Å². The summed E-state index contributed by atoms with van der Waals surface area (Å²) in [6, 6.07) is 12.4. The molecule has 0 bridgehead atoms. The van der Waals surface area contributed by atoms with Gasteiger partial charge in [-0.3, -0.25) is 4.68 Å². The van der Waals surface area contributed by atoms with Gasteiger partial charge in [0.1, 0.15) is 5.82 Å². The summed E-state index contributed by atoms with van der Waals surface area (Å²) in [7, 11) is 1.94. The van der Waals surface area contributed by atoms with Crippen molar-refractivity contribution < 1.29 is 0 Å². The molecule has 0 spiro atoms. The van der Waals surface area contributed by atoms with Crippen LogP contribution in [0.4, 0.5) is 5.82 Å². The molecule has 2 aromatic rings. The van der Waals surface area contributed by atoms with Crippen molar-refractivity contribution in [2.75, 3.05) is 5.32 Å². The van der Waals surface area contributed by atoms with E-state index >= 15 is 0 Å². The lowest BCUT2D eigenvalue weighted by Gasteiger charge is -2.05. The molecular weight excluding hydrogens is 222 g/mol. The van der Waals surface area contributed by atoms with Crippen LogP contribution in [0.5, 0.6) is 0 Å². The zero-order chi connectivity index (χ0) is 10.7. The van der Waals surface area contributed by atoms with Gasteiger partial charge < -0.3 is 5.32 Å². The molecule has 0 atom stereocenters. The summed E-state index contributed by atoms with van der Waals surface area (Å²) in [4.78, 5) is 0. The van der Waals surface area contributed by atoms with Gasteiger partial charge in [0.15, 0.2) is 0 Å². The first-order valence-electron chi connectivity index (χ1n) is 5.04. The van der Waals surface area contributed by atoms with E-state index in [1.807, 2.05) is 42.9 Å². The van der Waals surface area contributed by atoms with Crippen LogP contribution >= 0.6 is 12.4 Å². The van der Waals surface area contributed by atoms with Crippen molar-refractivity contribution in [1.82, 2.24) is 9.78 Å². The van der Waals surface area contributed by atoms with Crippen molar-refractivity contribution in [1.29, 1.82) is 0 Å². The summed E-state index contributed by atoms with van der Waals surface area (Å²) in [5, 5.41) is 7.63. The Bertz CT molecular complexity index is 437. The molecule has 0 aliphatic carbocycles. The highest BCUT2D eigenvalue weighted by Crippen LogP contribution is 2.09. The fourth-order valence-corrected chi connectivity index (χ4v) is 1.56. The van der Waals surface area contributed by atoms with Gasteiger partial charge in [-0.15, -0.1) is 12.4 Å². The Balaban J connectivity index is 0.00000128. The highest BCUT2D eigenvalue weighted by molar-refractivity contribution is 5.85. The summed E-state index contributed by atoms with van der Waals surface area (Å²) in [6.45, 7) is 2.83. The number of nitrogens with zero attached hydrogens (tertiary/aromatic N) is 2. The molecule has 4 heteroatoms. The first kappa shape index (κ1) is 12.6. The summed E-state index contributed by atoms with van der Waals surface area (Å²) in [6.07, 6.45) is 0. The van der Waals surface area contributed by atoms with Crippen molar-refractivity contribution in [2.24, 2.45) is 7.05 Å². The van der Waals surface area contributed by atoms with E-state index in [1.165, 1.54) is 5.56 Å². The Kier molecular flexibility index (Phi) is 4.38. The Labute approximate surface area is 102 Å². The van der Waals surface area contributed by atoms with E-state index in [-0.39, 0.29) is 12.4 Å². The van der Waals surface area contributed by atoms with Crippen LogP contribution in [0.15, 0.2) is 36.4 Å². The fourth-order valence-electron chi connectivity index (χ4n) is 1.56. The number of rotatable bonds is 3. The summed E-state index contributed by atoms with van der Waals surface area (Å²) in [5.74, 6) is 1.05. The number of hydrogen-bond acceptors (Lipinski definition) is 2. The van der Waals surface area contributed by atoms with E-state index in [1.54, 1.807) is 0 Å². The lowest BCUT2D eigenvalue weighted by atomic mass is 10.2. The predicted molar refractivity (Wildman–Crippen MR) is 69.0 cm³/mol. The number of aryl methyl sites for hydroxylation is 2. The summed E-state index contributed by atoms with van der Waals surface area (Å²) < 4.78 is 1.86. The summed E-state index contributed by atoms with van der Waals surface area (Å²) in [5.41, 5.74) is 2.31. The SMILES string of the molecule is Cc1cc(NCc2ccccc2)n(C)n1.Cl. The Morgan fingerprint density at radius 3 is 2.50 bits per heavy atom. The van der Waals surface area contributed by atoms with Crippen LogP contribution in [0.1, 0.15) is 11.3 Å². The quantitative estimate of drug-likeness (QED) is 0.890. The minimum absolute atomic E-state index is 0. The highest BCUT2D eigenvalue weighted by Gasteiger charge is 2.00. The summed E-state index contributed by atoms with van der Waals surface area (Å²) >= 11 is 0. The molecule has 3 nitrogen and oxygen atoms in total. The molecule has 1 aromatic carbocycles.